The quantitative estimate of drug-likeness (QED) is 0.886. The highest BCUT2D eigenvalue weighted by Gasteiger charge is 2.30. The van der Waals surface area contributed by atoms with Crippen molar-refractivity contribution in [2.75, 3.05) is 26.0 Å². The molecule has 19 heavy (non-hydrogen) atoms. The molecule has 0 aromatic heterocycles. The molecule has 1 aromatic carbocycles. The highest BCUT2D eigenvalue weighted by atomic mass is 32.2. The van der Waals surface area contributed by atoms with Crippen molar-refractivity contribution in [3.05, 3.63) is 17.7 Å². The van der Waals surface area contributed by atoms with Crippen LogP contribution >= 0.6 is 0 Å². The molecule has 1 fully saturated rings. The summed E-state index contributed by atoms with van der Waals surface area (Å²) >= 11 is 0. The molecule has 0 amide bonds. The SMILES string of the molecule is CS(=O)(=O)c1c(C2CCCN2)ccc2c1OCCO2. The molecule has 0 radical (unpaired) electrons. The number of rotatable bonds is 2. The molecule has 1 atom stereocenters. The highest BCUT2D eigenvalue weighted by Crippen LogP contribution is 2.42. The summed E-state index contributed by atoms with van der Waals surface area (Å²) in [5.41, 5.74) is 0.796. The molecular weight excluding hydrogens is 266 g/mol. The van der Waals surface area contributed by atoms with Crippen molar-refractivity contribution in [1.29, 1.82) is 0 Å². The molecule has 0 bridgehead atoms. The first-order valence-corrected chi connectivity index (χ1v) is 8.32. The van der Waals surface area contributed by atoms with E-state index >= 15 is 0 Å². The van der Waals surface area contributed by atoms with Crippen LogP contribution in [-0.2, 0) is 9.84 Å². The number of nitrogens with one attached hydrogen (secondary N) is 1. The van der Waals surface area contributed by atoms with Gasteiger partial charge in [-0.25, -0.2) is 8.42 Å². The van der Waals surface area contributed by atoms with Crippen LogP contribution < -0.4 is 14.8 Å². The summed E-state index contributed by atoms with van der Waals surface area (Å²) in [6.07, 6.45) is 3.23. The second kappa shape index (κ2) is 4.68. The molecule has 104 valence electrons. The van der Waals surface area contributed by atoms with E-state index in [1.807, 2.05) is 6.07 Å². The van der Waals surface area contributed by atoms with Gasteiger partial charge >= 0.3 is 0 Å². The average Bonchev–Trinajstić information content (AvgIpc) is 2.90. The summed E-state index contributed by atoms with van der Waals surface area (Å²) in [6.45, 7) is 1.76. The van der Waals surface area contributed by atoms with Crippen molar-refractivity contribution in [2.24, 2.45) is 0 Å². The van der Waals surface area contributed by atoms with E-state index < -0.39 is 9.84 Å². The number of fused-ring (bicyclic) bond motifs is 1. The Labute approximate surface area is 112 Å². The van der Waals surface area contributed by atoms with Crippen LogP contribution in [-0.4, -0.2) is 34.4 Å². The fourth-order valence-corrected chi connectivity index (χ4v) is 3.85. The minimum Gasteiger partial charge on any atom is -0.486 e. The van der Waals surface area contributed by atoms with E-state index in [-0.39, 0.29) is 10.9 Å². The number of hydrogen-bond acceptors (Lipinski definition) is 5. The van der Waals surface area contributed by atoms with Crippen molar-refractivity contribution in [3.63, 3.8) is 0 Å². The van der Waals surface area contributed by atoms with Crippen molar-refractivity contribution in [3.8, 4) is 11.5 Å². The van der Waals surface area contributed by atoms with Crippen LogP contribution in [0, 0.1) is 0 Å². The summed E-state index contributed by atoms with van der Waals surface area (Å²) in [4.78, 5) is 0.282. The molecule has 1 N–H and O–H groups in total. The Bertz CT molecular complexity index is 591. The number of ether oxygens (including phenoxy) is 2. The molecule has 0 saturated carbocycles. The Morgan fingerprint density at radius 3 is 2.74 bits per heavy atom. The number of benzene rings is 1. The van der Waals surface area contributed by atoms with Gasteiger partial charge < -0.3 is 14.8 Å². The van der Waals surface area contributed by atoms with E-state index in [1.165, 1.54) is 6.26 Å². The zero-order chi connectivity index (χ0) is 13.5. The standard InChI is InChI=1S/C13H17NO4S/c1-19(15,16)13-9(10-3-2-6-14-10)4-5-11-12(13)18-8-7-17-11/h4-5,10,14H,2-3,6-8H2,1H3. The number of sulfone groups is 1. The molecule has 3 rings (SSSR count). The summed E-state index contributed by atoms with van der Waals surface area (Å²) in [5.74, 6) is 0.897. The third-order valence-electron chi connectivity index (χ3n) is 3.50. The van der Waals surface area contributed by atoms with Crippen LogP contribution in [0.15, 0.2) is 17.0 Å². The summed E-state index contributed by atoms with van der Waals surface area (Å²) in [7, 11) is -3.36. The first kappa shape index (κ1) is 12.7. The monoisotopic (exact) mass is 283 g/mol. The van der Waals surface area contributed by atoms with Gasteiger partial charge in [0.15, 0.2) is 21.3 Å². The maximum atomic E-state index is 12.1. The van der Waals surface area contributed by atoms with Gasteiger partial charge in [0.1, 0.15) is 18.1 Å². The maximum Gasteiger partial charge on any atom is 0.180 e. The van der Waals surface area contributed by atoms with Gasteiger partial charge in [0.05, 0.1) is 0 Å². The van der Waals surface area contributed by atoms with Crippen LogP contribution in [0.4, 0.5) is 0 Å². The van der Waals surface area contributed by atoms with Gasteiger partial charge in [-0.05, 0) is 31.0 Å². The van der Waals surface area contributed by atoms with Gasteiger partial charge in [-0.15, -0.1) is 0 Å². The van der Waals surface area contributed by atoms with Gasteiger partial charge in [-0.2, -0.15) is 0 Å². The van der Waals surface area contributed by atoms with Crippen molar-refractivity contribution in [2.45, 2.75) is 23.8 Å². The van der Waals surface area contributed by atoms with Crippen molar-refractivity contribution < 1.29 is 17.9 Å². The van der Waals surface area contributed by atoms with Crippen LogP contribution in [0.2, 0.25) is 0 Å². The smallest absolute Gasteiger partial charge is 0.180 e. The third kappa shape index (κ3) is 2.30. The number of hydrogen-bond donors (Lipinski definition) is 1. The Balaban J connectivity index is 2.19. The van der Waals surface area contributed by atoms with Gasteiger partial charge in [-0.3, -0.25) is 0 Å². The lowest BCUT2D eigenvalue weighted by atomic mass is 10.0. The largest absolute Gasteiger partial charge is 0.486 e. The van der Waals surface area contributed by atoms with E-state index in [1.54, 1.807) is 6.07 Å². The van der Waals surface area contributed by atoms with Crippen molar-refractivity contribution >= 4 is 9.84 Å². The Hall–Kier alpha value is -1.27. The Morgan fingerprint density at radius 2 is 2.05 bits per heavy atom. The van der Waals surface area contributed by atoms with Crippen LogP contribution in [0.5, 0.6) is 11.5 Å². The lowest BCUT2D eigenvalue weighted by molar-refractivity contribution is 0.166. The van der Waals surface area contributed by atoms with E-state index in [0.29, 0.717) is 24.7 Å². The molecule has 0 aliphatic carbocycles. The topological polar surface area (TPSA) is 64.6 Å². The molecule has 2 aliphatic heterocycles. The van der Waals surface area contributed by atoms with E-state index in [9.17, 15) is 8.42 Å². The predicted octanol–water partition coefficient (Wildman–Crippen LogP) is 1.29. The van der Waals surface area contributed by atoms with Crippen LogP contribution in [0.25, 0.3) is 0 Å². The highest BCUT2D eigenvalue weighted by molar-refractivity contribution is 7.90. The molecule has 0 spiro atoms. The van der Waals surface area contributed by atoms with E-state index in [4.69, 9.17) is 9.47 Å². The summed E-state index contributed by atoms with van der Waals surface area (Å²) < 4.78 is 35.3. The van der Waals surface area contributed by atoms with Crippen molar-refractivity contribution in [1.82, 2.24) is 5.32 Å². The predicted molar refractivity (Wildman–Crippen MR) is 70.5 cm³/mol. The van der Waals surface area contributed by atoms with Crippen LogP contribution in [0.3, 0.4) is 0 Å². The van der Waals surface area contributed by atoms with E-state index in [2.05, 4.69) is 5.32 Å². The van der Waals surface area contributed by atoms with E-state index in [0.717, 1.165) is 24.9 Å². The zero-order valence-corrected chi connectivity index (χ0v) is 11.6. The molecule has 2 aliphatic rings. The lowest BCUT2D eigenvalue weighted by Crippen LogP contribution is -2.21. The minimum absolute atomic E-state index is 0.0838. The molecule has 6 heteroatoms. The molecule has 5 nitrogen and oxygen atoms in total. The zero-order valence-electron chi connectivity index (χ0n) is 10.8. The third-order valence-corrected chi connectivity index (χ3v) is 4.66. The minimum atomic E-state index is -3.36. The second-order valence-corrected chi connectivity index (χ2v) is 6.88. The molecule has 2 heterocycles. The molecular formula is C13H17NO4S. The van der Waals surface area contributed by atoms with Gasteiger partial charge in [0, 0.05) is 12.3 Å². The van der Waals surface area contributed by atoms with Gasteiger partial charge in [0.25, 0.3) is 0 Å². The fraction of sp³-hybridized carbons (Fsp3) is 0.538. The Morgan fingerprint density at radius 1 is 1.26 bits per heavy atom. The summed E-state index contributed by atoms with van der Waals surface area (Å²) in [6, 6.07) is 3.73. The normalized spacial score (nSPS) is 22.5. The lowest BCUT2D eigenvalue weighted by Gasteiger charge is -2.24. The fourth-order valence-electron chi connectivity index (χ4n) is 2.71. The van der Waals surface area contributed by atoms with Gasteiger partial charge in [0.2, 0.25) is 0 Å². The second-order valence-electron chi connectivity index (χ2n) is 4.93. The molecule has 1 saturated heterocycles. The molecule has 1 aromatic rings. The Kier molecular flexibility index (Phi) is 3.14. The first-order chi connectivity index (χ1) is 9.07. The molecule has 1 unspecified atom stereocenters. The van der Waals surface area contributed by atoms with Gasteiger partial charge in [-0.1, -0.05) is 6.07 Å². The average molecular weight is 283 g/mol. The first-order valence-electron chi connectivity index (χ1n) is 6.43. The maximum absolute atomic E-state index is 12.1. The summed E-state index contributed by atoms with van der Waals surface area (Å²) in [5, 5.41) is 3.33. The van der Waals surface area contributed by atoms with Crippen LogP contribution in [0.1, 0.15) is 24.4 Å².